The molecular formula is C26H21N3O2S. The normalized spacial score (nSPS) is 11.1. The molecule has 5 rings (SSSR count). The van der Waals surface area contributed by atoms with Crippen molar-refractivity contribution in [3.63, 3.8) is 0 Å². The van der Waals surface area contributed by atoms with Crippen molar-refractivity contribution in [2.75, 3.05) is 11.1 Å². The Labute approximate surface area is 189 Å². The minimum absolute atomic E-state index is 0.245. The molecule has 0 fully saturated rings. The van der Waals surface area contributed by atoms with Gasteiger partial charge in [-0.1, -0.05) is 42.5 Å². The first-order valence-electron chi connectivity index (χ1n) is 10.2. The van der Waals surface area contributed by atoms with Crippen molar-refractivity contribution in [2.45, 2.75) is 13.8 Å². The Morgan fingerprint density at radius 2 is 1.84 bits per heavy atom. The Kier molecular flexibility index (Phi) is 4.99. The molecule has 0 bridgehead atoms. The number of thiophene rings is 1. The second kappa shape index (κ2) is 7.98. The van der Waals surface area contributed by atoms with Gasteiger partial charge in [0.05, 0.1) is 17.6 Å². The number of carbonyl (C=O) groups excluding carboxylic acids is 1. The highest BCUT2D eigenvalue weighted by atomic mass is 32.1. The summed E-state index contributed by atoms with van der Waals surface area (Å²) in [6, 6.07) is 21.4. The SMILES string of the molecule is Cc1cccc(NC(=O)c2sc3nc(-c4ccccc4)cc(-c4ccco4)c3c2N)c1C. The molecule has 1 amide bonds. The van der Waals surface area contributed by atoms with Crippen molar-refractivity contribution in [3.8, 4) is 22.6 Å². The smallest absolute Gasteiger partial charge is 0.267 e. The van der Waals surface area contributed by atoms with E-state index in [0.29, 0.717) is 21.2 Å². The third-order valence-corrected chi connectivity index (χ3v) is 6.71. The molecule has 0 aliphatic heterocycles. The van der Waals surface area contributed by atoms with E-state index in [1.165, 1.54) is 11.3 Å². The monoisotopic (exact) mass is 439 g/mol. The van der Waals surface area contributed by atoms with Gasteiger partial charge in [-0.15, -0.1) is 11.3 Å². The molecule has 3 heterocycles. The predicted octanol–water partition coefficient (Wildman–Crippen LogP) is 6.67. The van der Waals surface area contributed by atoms with Crippen LogP contribution in [0.5, 0.6) is 0 Å². The number of nitrogens with two attached hydrogens (primary N) is 1. The molecular weight excluding hydrogens is 418 g/mol. The molecule has 0 aliphatic carbocycles. The first-order chi connectivity index (χ1) is 15.5. The highest BCUT2D eigenvalue weighted by Crippen LogP contribution is 2.41. The van der Waals surface area contributed by atoms with Gasteiger partial charge in [0.25, 0.3) is 5.91 Å². The number of hydrogen-bond donors (Lipinski definition) is 2. The summed E-state index contributed by atoms with van der Waals surface area (Å²) in [4.78, 5) is 19.2. The van der Waals surface area contributed by atoms with E-state index in [4.69, 9.17) is 15.1 Å². The lowest BCUT2D eigenvalue weighted by Crippen LogP contribution is -2.13. The topological polar surface area (TPSA) is 81.2 Å². The van der Waals surface area contributed by atoms with Gasteiger partial charge in [-0.25, -0.2) is 4.98 Å². The molecule has 0 aliphatic rings. The van der Waals surface area contributed by atoms with Crippen LogP contribution in [-0.4, -0.2) is 10.9 Å². The van der Waals surface area contributed by atoms with E-state index in [0.717, 1.165) is 39.0 Å². The summed E-state index contributed by atoms with van der Waals surface area (Å²) in [5.41, 5.74) is 12.4. The molecule has 0 radical (unpaired) electrons. The van der Waals surface area contributed by atoms with Crippen molar-refractivity contribution in [1.29, 1.82) is 0 Å². The minimum Gasteiger partial charge on any atom is -0.464 e. The van der Waals surface area contributed by atoms with Crippen LogP contribution in [0.4, 0.5) is 11.4 Å². The summed E-state index contributed by atoms with van der Waals surface area (Å²) < 4.78 is 5.69. The number of hydrogen-bond acceptors (Lipinski definition) is 5. The second-order valence-electron chi connectivity index (χ2n) is 7.62. The molecule has 5 nitrogen and oxygen atoms in total. The lowest BCUT2D eigenvalue weighted by atomic mass is 10.0. The minimum atomic E-state index is -0.245. The number of aromatic nitrogens is 1. The summed E-state index contributed by atoms with van der Waals surface area (Å²) in [6.45, 7) is 4.01. The van der Waals surface area contributed by atoms with E-state index in [1.807, 2.05) is 80.6 Å². The standard InChI is InChI=1S/C26H21N3O2S/c1-15-8-6-11-19(16(15)2)28-25(30)24-23(27)22-18(21-12-7-13-31-21)14-20(29-26(22)32-24)17-9-4-3-5-10-17/h3-14H,27H2,1-2H3,(H,28,30). The maximum atomic E-state index is 13.2. The molecule has 0 saturated carbocycles. The zero-order valence-electron chi connectivity index (χ0n) is 17.7. The lowest BCUT2D eigenvalue weighted by molar-refractivity contribution is 0.103. The number of benzene rings is 2. The highest BCUT2D eigenvalue weighted by Gasteiger charge is 2.23. The Balaban J connectivity index is 1.66. The molecule has 32 heavy (non-hydrogen) atoms. The first kappa shape index (κ1) is 20.0. The molecule has 158 valence electrons. The van der Waals surface area contributed by atoms with Crippen molar-refractivity contribution < 1.29 is 9.21 Å². The number of furan rings is 1. The largest absolute Gasteiger partial charge is 0.464 e. The summed E-state index contributed by atoms with van der Waals surface area (Å²) in [5.74, 6) is 0.437. The van der Waals surface area contributed by atoms with Crippen LogP contribution in [0.2, 0.25) is 0 Å². The number of carbonyl (C=O) groups is 1. The number of nitrogens with one attached hydrogen (secondary N) is 1. The summed E-state index contributed by atoms with van der Waals surface area (Å²) in [5, 5.41) is 3.74. The van der Waals surface area contributed by atoms with Crippen molar-refractivity contribution in [1.82, 2.24) is 4.98 Å². The fourth-order valence-electron chi connectivity index (χ4n) is 3.74. The van der Waals surface area contributed by atoms with Gasteiger partial charge in [0.1, 0.15) is 15.5 Å². The van der Waals surface area contributed by atoms with Crippen LogP contribution in [0, 0.1) is 13.8 Å². The summed E-state index contributed by atoms with van der Waals surface area (Å²) >= 11 is 1.29. The van der Waals surface area contributed by atoms with Crippen LogP contribution in [0.1, 0.15) is 20.8 Å². The quantitative estimate of drug-likeness (QED) is 0.327. The molecule has 0 spiro atoms. The fraction of sp³-hybridized carbons (Fsp3) is 0.0769. The fourth-order valence-corrected chi connectivity index (χ4v) is 4.75. The number of nitrogen functional groups attached to an aromatic ring is 1. The first-order valence-corrected chi connectivity index (χ1v) is 11.0. The Morgan fingerprint density at radius 1 is 1.03 bits per heavy atom. The van der Waals surface area contributed by atoms with E-state index in [2.05, 4.69) is 5.32 Å². The van der Waals surface area contributed by atoms with E-state index >= 15 is 0 Å². The van der Waals surface area contributed by atoms with Crippen LogP contribution in [0.3, 0.4) is 0 Å². The highest BCUT2D eigenvalue weighted by molar-refractivity contribution is 7.21. The summed E-state index contributed by atoms with van der Waals surface area (Å²) in [6.07, 6.45) is 1.63. The average molecular weight is 440 g/mol. The van der Waals surface area contributed by atoms with Crippen molar-refractivity contribution >= 4 is 38.8 Å². The average Bonchev–Trinajstić information content (AvgIpc) is 3.45. The molecule has 0 atom stereocenters. The van der Waals surface area contributed by atoms with Crippen LogP contribution < -0.4 is 11.1 Å². The van der Waals surface area contributed by atoms with Crippen LogP contribution in [0.25, 0.3) is 32.8 Å². The molecule has 6 heteroatoms. The Hall–Kier alpha value is -3.90. The van der Waals surface area contributed by atoms with Crippen LogP contribution >= 0.6 is 11.3 Å². The maximum Gasteiger partial charge on any atom is 0.267 e. The van der Waals surface area contributed by atoms with E-state index in [-0.39, 0.29) is 5.91 Å². The number of aryl methyl sites for hydroxylation is 1. The van der Waals surface area contributed by atoms with Gasteiger partial charge in [0.15, 0.2) is 0 Å². The van der Waals surface area contributed by atoms with Gasteiger partial charge in [-0.05, 0) is 49.2 Å². The van der Waals surface area contributed by atoms with E-state index in [9.17, 15) is 4.79 Å². The van der Waals surface area contributed by atoms with E-state index < -0.39 is 0 Å². The predicted molar refractivity (Wildman–Crippen MR) is 131 cm³/mol. The third kappa shape index (κ3) is 3.44. The number of rotatable bonds is 4. The van der Waals surface area contributed by atoms with Crippen LogP contribution in [0.15, 0.2) is 77.4 Å². The van der Waals surface area contributed by atoms with Crippen molar-refractivity contribution in [3.05, 3.63) is 89.0 Å². The number of nitrogens with zero attached hydrogens (tertiary/aromatic N) is 1. The van der Waals surface area contributed by atoms with E-state index in [1.54, 1.807) is 6.26 Å². The molecule has 3 aromatic heterocycles. The molecule has 0 saturated heterocycles. The van der Waals surface area contributed by atoms with Gasteiger partial charge in [-0.3, -0.25) is 4.79 Å². The number of fused-ring (bicyclic) bond motifs is 1. The summed E-state index contributed by atoms with van der Waals surface area (Å²) in [7, 11) is 0. The zero-order valence-corrected chi connectivity index (χ0v) is 18.5. The number of amides is 1. The number of anilines is 2. The zero-order chi connectivity index (χ0) is 22.2. The van der Waals surface area contributed by atoms with Gasteiger partial charge < -0.3 is 15.5 Å². The molecule has 0 unspecified atom stereocenters. The lowest BCUT2D eigenvalue weighted by Gasteiger charge is -2.10. The molecule has 2 aromatic carbocycles. The van der Waals surface area contributed by atoms with Crippen molar-refractivity contribution in [2.24, 2.45) is 0 Å². The Morgan fingerprint density at radius 3 is 2.59 bits per heavy atom. The Bertz CT molecular complexity index is 1440. The van der Waals surface area contributed by atoms with Gasteiger partial charge in [0, 0.05) is 22.2 Å². The molecule has 5 aromatic rings. The van der Waals surface area contributed by atoms with Gasteiger partial charge >= 0.3 is 0 Å². The van der Waals surface area contributed by atoms with Gasteiger partial charge in [-0.2, -0.15) is 0 Å². The third-order valence-electron chi connectivity index (χ3n) is 5.61. The molecule has 3 N–H and O–H groups in total. The maximum absolute atomic E-state index is 13.2. The van der Waals surface area contributed by atoms with Crippen LogP contribution in [-0.2, 0) is 0 Å². The second-order valence-corrected chi connectivity index (χ2v) is 8.62. The number of pyridine rings is 1. The van der Waals surface area contributed by atoms with Gasteiger partial charge in [0.2, 0.25) is 0 Å².